The molecule has 0 spiro atoms. The van der Waals surface area contributed by atoms with Gasteiger partial charge in [0.05, 0.1) is 6.26 Å². The van der Waals surface area contributed by atoms with Gasteiger partial charge in [-0.05, 0) is 26.1 Å². The van der Waals surface area contributed by atoms with E-state index >= 15 is 0 Å². The first kappa shape index (κ1) is 18.9. The summed E-state index contributed by atoms with van der Waals surface area (Å²) in [4.78, 5) is 16.1. The van der Waals surface area contributed by atoms with Gasteiger partial charge in [-0.15, -0.1) is 36.2 Å². The van der Waals surface area contributed by atoms with Crippen molar-refractivity contribution in [2.24, 2.45) is 0 Å². The minimum atomic E-state index is -0.128. The average Bonchev–Trinajstić information content (AvgIpc) is 3.03. The lowest BCUT2D eigenvalue weighted by molar-refractivity contribution is 0.0949. The van der Waals surface area contributed by atoms with Crippen LogP contribution >= 0.6 is 36.2 Å². The van der Waals surface area contributed by atoms with Crippen LogP contribution in [0, 0.1) is 0 Å². The fourth-order valence-corrected chi connectivity index (χ4v) is 2.24. The van der Waals surface area contributed by atoms with Gasteiger partial charge >= 0.3 is 0 Å². The highest BCUT2D eigenvalue weighted by atomic mass is 35.5. The zero-order valence-corrected chi connectivity index (χ0v) is 13.4. The minimum Gasteiger partial charge on any atom is -0.472 e. The number of thiazole rings is 1. The number of hydrogen-bond acceptors (Lipinski definition) is 5. The van der Waals surface area contributed by atoms with Gasteiger partial charge in [0.15, 0.2) is 0 Å². The van der Waals surface area contributed by atoms with E-state index in [0.29, 0.717) is 12.2 Å². The predicted molar refractivity (Wildman–Crippen MR) is 85.2 cm³/mol. The molecular weight excluding hydrogens is 321 g/mol. The van der Waals surface area contributed by atoms with Crippen molar-refractivity contribution >= 4 is 42.1 Å². The molecule has 0 aliphatic heterocycles. The molecule has 0 radical (unpaired) electrons. The van der Waals surface area contributed by atoms with E-state index in [2.05, 4.69) is 15.6 Å². The lowest BCUT2D eigenvalue weighted by Crippen LogP contribution is -2.26. The van der Waals surface area contributed by atoms with Crippen LogP contribution in [0.15, 0.2) is 28.4 Å². The van der Waals surface area contributed by atoms with Crippen LogP contribution in [0.5, 0.6) is 0 Å². The third kappa shape index (κ3) is 5.13. The monoisotopic (exact) mass is 337 g/mol. The fraction of sp³-hybridized carbons (Fsp3) is 0.333. The van der Waals surface area contributed by atoms with Crippen LogP contribution in [0.2, 0.25) is 0 Å². The summed E-state index contributed by atoms with van der Waals surface area (Å²) in [5, 5.41) is 8.42. The van der Waals surface area contributed by atoms with Gasteiger partial charge in [-0.1, -0.05) is 0 Å². The van der Waals surface area contributed by atoms with Crippen molar-refractivity contribution in [1.29, 1.82) is 0 Å². The molecule has 2 rings (SSSR count). The lowest BCUT2D eigenvalue weighted by atomic mass is 10.3. The molecule has 2 N–H and O–H groups in total. The Morgan fingerprint density at radius 3 is 2.85 bits per heavy atom. The Kier molecular flexibility index (Phi) is 9.24. The van der Waals surface area contributed by atoms with Gasteiger partial charge in [-0.25, -0.2) is 4.98 Å². The van der Waals surface area contributed by atoms with Crippen LogP contribution in [0.1, 0.15) is 16.9 Å². The fourth-order valence-electron chi connectivity index (χ4n) is 1.45. The van der Waals surface area contributed by atoms with Gasteiger partial charge in [-0.2, -0.15) is 0 Å². The third-order valence-corrected chi connectivity index (χ3v) is 3.29. The van der Waals surface area contributed by atoms with Gasteiger partial charge in [0.1, 0.15) is 17.0 Å². The number of aromatic nitrogens is 1. The molecule has 2 aromatic rings. The molecule has 5 nitrogen and oxygen atoms in total. The van der Waals surface area contributed by atoms with Crippen LogP contribution in [0.25, 0.3) is 10.6 Å². The first-order valence-corrected chi connectivity index (χ1v) is 6.60. The van der Waals surface area contributed by atoms with Gasteiger partial charge < -0.3 is 15.1 Å². The van der Waals surface area contributed by atoms with Gasteiger partial charge in [0.2, 0.25) is 0 Å². The quantitative estimate of drug-likeness (QED) is 0.795. The molecule has 20 heavy (non-hydrogen) atoms. The van der Waals surface area contributed by atoms with Crippen molar-refractivity contribution in [2.75, 3.05) is 20.1 Å². The second kappa shape index (κ2) is 9.77. The molecular formula is C12H17Cl2N3O2S. The number of amides is 1. The number of nitrogens with one attached hydrogen (secondary N) is 2. The smallest absolute Gasteiger partial charge is 0.270 e. The SMILES string of the molecule is CNCCCNC(=O)c1csc(-c2ccoc2)n1.Cl.Cl. The number of rotatable bonds is 6. The maximum atomic E-state index is 11.8. The van der Waals surface area contributed by atoms with Crippen molar-refractivity contribution in [2.45, 2.75) is 6.42 Å². The number of carbonyl (C=O) groups excluding carboxylic acids is 1. The highest BCUT2D eigenvalue weighted by Crippen LogP contribution is 2.23. The van der Waals surface area contributed by atoms with Crippen LogP contribution in [0.3, 0.4) is 0 Å². The maximum absolute atomic E-state index is 11.8. The molecule has 0 bridgehead atoms. The van der Waals surface area contributed by atoms with E-state index in [-0.39, 0.29) is 30.7 Å². The van der Waals surface area contributed by atoms with Crippen LogP contribution in [-0.2, 0) is 0 Å². The topological polar surface area (TPSA) is 67.2 Å². The summed E-state index contributed by atoms with van der Waals surface area (Å²) in [6.45, 7) is 1.54. The maximum Gasteiger partial charge on any atom is 0.270 e. The highest BCUT2D eigenvalue weighted by molar-refractivity contribution is 7.13. The Hall–Kier alpha value is -1.08. The zero-order valence-electron chi connectivity index (χ0n) is 10.9. The van der Waals surface area contributed by atoms with E-state index in [1.54, 1.807) is 17.9 Å². The molecule has 1 amide bonds. The lowest BCUT2D eigenvalue weighted by Gasteiger charge is -2.02. The zero-order chi connectivity index (χ0) is 12.8. The van der Waals surface area contributed by atoms with E-state index in [0.717, 1.165) is 23.5 Å². The molecule has 0 aromatic carbocycles. The first-order valence-electron chi connectivity index (χ1n) is 5.72. The molecule has 2 heterocycles. The second-order valence-electron chi connectivity index (χ2n) is 3.76. The standard InChI is InChI=1S/C12H15N3O2S.2ClH/c1-13-4-2-5-14-11(16)10-8-18-12(15-10)9-3-6-17-7-9;;/h3,6-8,13H,2,4-5H2,1H3,(H,14,16);2*1H. The van der Waals surface area contributed by atoms with Crippen LogP contribution < -0.4 is 10.6 Å². The Morgan fingerprint density at radius 1 is 1.40 bits per heavy atom. The number of halogens is 2. The molecule has 2 aromatic heterocycles. The van der Waals surface area contributed by atoms with Crippen molar-refractivity contribution < 1.29 is 9.21 Å². The third-order valence-electron chi connectivity index (χ3n) is 2.39. The van der Waals surface area contributed by atoms with E-state index in [9.17, 15) is 4.79 Å². The molecule has 112 valence electrons. The van der Waals surface area contributed by atoms with Gasteiger partial charge in [-0.3, -0.25) is 4.79 Å². The second-order valence-corrected chi connectivity index (χ2v) is 4.62. The Morgan fingerprint density at radius 2 is 2.20 bits per heavy atom. The number of furan rings is 1. The summed E-state index contributed by atoms with van der Waals surface area (Å²) in [7, 11) is 1.89. The van der Waals surface area contributed by atoms with Crippen molar-refractivity contribution in [3.63, 3.8) is 0 Å². The minimum absolute atomic E-state index is 0. The summed E-state index contributed by atoms with van der Waals surface area (Å²) in [6, 6.07) is 1.83. The summed E-state index contributed by atoms with van der Waals surface area (Å²) in [6.07, 6.45) is 4.11. The molecule has 0 fully saturated rings. The molecule has 0 unspecified atom stereocenters. The molecule has 0 saturated carbocycles. The van der Waals surface area contributed by atoms with E-state index < -0.39 is 0 Å². The summed E-state index contributed by atoms with van der Waals surface area (Å²) < 4.78 is 4.99. The Labute approximate surface area is 134 Å². The Bertz CT molecular complexity index is 503. The number of hydrogen-bond donors (Lipinski definition) is 2. The van der Waals surface area contributed by atoms with Gasteiger partial charge in [0.25, 0.3) is 5.91 Å². The highest BCUT2D eigenvalue weighted by Gasteiger charge is 2.11. The van der Waals surface area contributed by atoms with Gasteiger partial charge in [0, 0.05) is 17.5 Å². The Balaban J connectivity index is 0.00000180. The molecule has 0 aliphatic rings. The van der Waals surface area contributed by atoms with Crippen molar-refractivity contribution in [1.82, 2.24) is 15.6 Å². The molecule has 8 heteroatoms. The predicted octanol–water partition coefficient (Wildman–Crippen LogP) is 2.59. The summed E-state index contributed by atoms with van der Waals surface area (Å²) in [5.41, 5.74) is 1.36. The first-order chi connectivity index (χ1) is 8.81. The molecule has 0 saturated heterocycles. The van der Waals surface area contributed by atoms with E-state index in [4.69, 9.17) is 4.42 Å². The van der Waals surface area contributed by atoms with Crippen LogP contribution in [-0.4, -0.2) is 31.0 Å². The van der Waals surface area contributed by atoms with E-state index in [1.807, 2.05) is 13.1 Å². The van der Waals surface area contributed by atoms with Crippen molar-refractivity contribution in [3.05, 3.63) is 29.7 Å². The van der Waals surface area contributed by atoms with Crippen LogP contribution in [0.4, 0.5) is 0 Å². The molecule has 0 atom stereocenters. The largest absolute Gasteiger partial charge is 0.472 e. The van der Waals surface area contributed by atoms with E-state index in [1.165, 1.54) is 11.3 Å². The normalized spacial score (nSPS) is 9.45. The average molecular weight is 338 g/mol. The van der Waals surface area contributed by atoms with Crippen molar-refractivity contribution in [3.8, 4) is 10.6 Å². The summed E-state index contributed by atoms with van der Waals surface area (Å²) in [5.74, 6) is -0.128. The number of carbonyl (C=O) groups is 1. The molecule has 0 aliphatic carbocycles. The summed E-state index contributed by atoms with van der Waals surface area (Å²) >= 11 is 1.44. The number of nitrogens with zero attached hydrogens (tertiary/aromatic N) is 1.